The molecule has 1 aromatic carbocycles. The third-order valence-electron chi connectivity index (χ3n) is 3.12. The minimum absolute atomic E-state index is 0.512. The number of methoxy groups -OCH3 is 2. The van der Waals surface area contributed by atoms with E-state index in [1.54, 1.807) is 32.4 Å². The zero-order valence-corrected chi connectivity index (χ0v) is 11.5. The Balaban J connectivity index is 2.09. The monoisotopic (exact) mass is 280 g/mol. The van der Waals surface area contributed by atoms with Gasteiger partial charge in [-0.05, 0) is 12.1 Å². The van der Waals surface area contributed by atoms with E-state index in [1.165, 1.54) is 6.20 Å². The topological polar surface area (TPSA) is 83.8 Å². The first-order valence-electron chi connectivity index (χ1n) is 6.23. The van der Waals surface area contributed by atoms with Crippen molar-refractivity contribution in [1.82, 2.24) is 15.0 Å². The van der Waals surface area contributed by atoms with Crippen LogP contribution in [0.5, 0.6) is 11.5 Å². The van der Waals surface area contributed by atoms with Gasteiger partial charge in [0.25, 0.3) is 0 Å². The number of aromatic nitrogens is 3. The highest BCUT2D eigenvalue weighted by atomic mass is 16.5. The van der Waals surface area contributed by atoms with E-state index in [0.717, 1.165) is 11.0 Å². The fourth-order valence-electron chi connectivity index (χ4n) is 2.06. The Morgan fingerprint density at radius 3 is 2.52 bits per heavy atom. The molecule has 0 atom stereocenters. The van der Waals surface area contributed by atoms with Crippen molar-refractivity contribution >= 4 is 11.0 Å². The van der Waals surface area contributed by atoms with Crippen LogP contribution in [0.1, 0.15) is 5.56 Å². The number of nitriles is 1. The summed E-state index contributed by atoms with van der Waals surface area (Å²) in [5, 5.41) is 8.79. The molecule has 1 N–H and O–H groups in total. The summed E-state index contributed by atoms with van der Waals surface area (Å²) in [4.78, 5) is 11.9. The second-order valence-electron chi connectivity index (χ2n) is 4.35. The quantitative estimate of drug-likeness (QED) is 0.797. The zero-order valence-electron chi connectivity index (χ0n) is 11.5. The lowest BCUT2D eigenvalue weighted by atomic mass is 10.2. The molecule has 104 valence electrons. The van der Waals surface area contributed by atoms with Crippen molar-refractivity contribution in [2.24, 2.45) is 0 Å². The van der Waals surface area contributed by atoms with Gasteiger partial charge in [-0.15, -0.1) is 0 Å². The van der Waals surface area contributed by atoms with Crippen LogP contribution in [-0.2, 0) is 0 Å². The van der Waals surface area contributed by atoms with Crippen molar-refractivity contribution in [3.8, 4) is 29.1 Å². The first-order chi connectivity index (χ1) is 10.2. The highest BCUT2D eigenvalue weighted by Gasteiger charge is 2.11. The highest BCUT2D eigenvalue weighted by Crippen LogP contribution is 2.32. The molecule has 0 radical (unpaired) electrons. The molecule has 0 saturated carbocycles. The van der Waals surface area contributed by atoms with Crippen molar-refractivity contribution in [2.75, 3.05) is 14.2 Å². The van der Waals surface area contributed by atoms with Crippen molar-refractivity contribution in [1.29, 1.82) is 5.26 Å². The van der Waals surface area contributed by atoms with Crippen LogP contribution >= 0.6 is 0 Å². The fraction of sp³-hybridized carbons (Fsp3) is 0.133. The first kappa shape index (κ1) is 12.9. The Kier molecular flexibility index (Phi) is 3.16. The summed E-state index contributed by atoms with van der Waals surface area (Å²) in [6.07, 6.45) is 1.52. The van der Waals surface area contributed by atoms with E-state index in [2.05, 4.69) is 15.0 Å². The summed E-state index contributed by atoms with van der Waals surface area (Å²) >= 11 is 0. The lowest BCUT2D eigenvalue weighted by Crippen LogP contribution is -1.89. The van der Waals surface area contributed by atoms with Crippen LogP contribution in [0.4, 0.5) is 0 Å². The van der Waals surface area contributed by atoms with Gasteiger partial charge in [-0.3, -0.25) is 4.98 Å². The standard InChI is InChI=1S/C15H12N4O2/c1-20-13-5-11-12(6-14(13)21-2)19-15(18-11)10-4-3-9(7-16)8-17-10/h3-6,8H,1-2H3,(H,18,19). The van der Waals surface area contributed by atoms with Crippen LogP contribution in [-0.4, -0.2) is 29.2 Å². The maximum Gasteiger partial charge on any atom is 0.163 e. The molecule has 6 nitrogen and oxygen atoms in total. The summed E-state index contributed by atoms with van der Waals surface area (Å²) in [6.45, 7) is 0. The maximum absolute atomic E-state index is 8.79. The number of hydrogen-bond acceptors (Lipinski definition) is 5. The lowest BCUT2D eigenvalue weighted by Gasteiger charge is -2.06. The molecular formula is C15H12N4O2. The Labute approximate surface area is 121 Å². The summed E-state index contributed by atoms with van der Waals surface area (Å²) in [5.74, 6) is 1.88. The molecule has 0 bridgehead atoms. The minimum Gasteiger partial charge on any atom is -0.493 e. The number of ether oxygens (including phenoxy) is 2. The fourth-order valence-corrected chi connectivity index (χ4v) is 2.06. The van der Waals surface area contributed by atoms with Crippen molar-refractivity contribution in [3.05, 3.63) is 36.0 Å². The summed E-state index contributed by atoms with van der Waals surface area (Å²) < 4.78 is 10.5. The molecule has 0 amide bonds. The van der Waals surface area contributed by atoms with Gasteiger partial charge in [-0.2, -0.15) is 5.26 Å². The van der Waals surface area contributed by atoms with Crippen LogP contribution < -0.4 is 9.47 Å². The summed E-state index contributed by atoms with van der Waals surface area (Å²) in [5.41, 5.74) is 2.77. The van der Waals surface area contributed by atoms with Crippen LogP contribution in [0.25, 0.3) is 22.6 Å². The van der Waals surface area contributed by atoms with E-state index in [0.29, 0.717) is 28.6 Å². The Morgan fingerprint density at radius 1 is 1.14 bits per heavy atom. The van der Waals surface area contributed by atoms with E-state index in [1.807, 2.05) is 12.1 Å². The molecule has 0 aliphatic rings. The zero-order chi connectivity index (χ0) is 14.8. The number of nitrogens with one attached hydrogen (secondary N) is 1. The molecule has 2 aromatic heterocycles. The SMILES string of the molecule is COc1cc2nc(-c3ccc(C#N)cn3)[nH]c2cc1OC. The summed E-state index contributed by atoms with van der Waals surface area (Å²) in [7, 11) is 3.17. The molecule has 3 rings (SSSR count). The van der Waals surface area contributed by atoms with Gasteiger partial charge in [0.1, 0.15) is 11.8 Å². The number of H-pyrrole nitrogens is 1. The van der Waals surface area contributed by atoms with E-state index in [9.17, 15) is 0 Å². The van der Waals surface area contributed by atoms with Crippen LogP contribution in [0.3, 0.4) is 0 Å². The number of rotatable bonds is 3. The number of imidazole rings is 1. The Morgan fingerprint density at radius 2 is 1.90 bits per heavy atom. The van der Waals surface area contributed by atoms with E-state index in [4.69, 9.17) is 14.7 Å². The normalized spacial score (nSPS) is 10.3. The minimum atomic E-state index is 0.512. The molecule has 6 heteroatoms. The molecule has 2 heterocycles. The Bertz CT molecular complexity index is 790. The number of pyridine rings is 1. The van der Waals surface area contributed by atoms with Gasteiger partial charge in [0.15, 0.2) is 17.3 Å². The van der Waals surface area contributed by atoms with Crippen LogP contribution in [0, 0.1) is 11.3 Å². The predicted molar refractivity (Wildman–Crippen MR) is 77.1 cm³/mol. The third-order valence-corrected chi connectivity index (χ3v) is 3.12. The van der Waals surface area contributed by atoms with Gasteiger partial charge >= 0.3 is 0 Å². The molecular weight excluding hydrogens is 268 g/mol. The second-order valence-corrected chi connectivity index (χ2v) is 4.35. The average molecular weight is 280 g/mol. The third kappa shape index (κ3) is 2.25. The van der Waals surface area contributed by atoms with Crippen molar-refractivity contribution in [2.45, 2.75) is 0 Å². The molecule has 0 fully saturated rings. The molecule has 0 spiro atoms. The smallest absolute Gasteiger partial charge is 0.163 e. The van der Waals surface area contributed by atoms with Gasteiger partial charge in [-0.1, -0.05) is 0 Å². The van der Waals surface area contributed by atoms with E-state index < -0.39 is 0 Å². The second kappa shape index (κ2) is 5.13. The lowest BCUT2D eigenvalue weighted by molar-refractivity contribution is 0.356. The number of nitrogens with zero attached hydrogens (tertiary/aromatic N) is 3. The van der Waals surface area contributed by atoms with Gasteiger partial charge < -0.3 is 14.5 Å². The molecule has 21 heavy (non-hydrogen) atoms. The van der Waals surface area contributed by atoms with Crippen molar-refractivity contribution in [3.63, 3.8) is 0 Å². The number of hydrogen-bond donors (Lipinski definition) is 1. The number of aromatic amines is 1. The van der Waals surface area contributed by atoms with Gasteiger partial charge in [0.05, 0.1) is 30.8 Å². The van der Waals surface area contributed by atoms with Gasteiger partial charge in [-0.25, -0.2) is 4.98 Å². The number of fused-ring (bicyclic) bond motifs is 1. The molecule has 0 aliphatic heterocycles. The predicted octanol–water partition coefficient (Wildman–Crippen LogP) is 2.51. The van der Waals surface area contributed by atoms with Crippen LogP contribution in [0.2, 0.25) is 0 Å². The Hall–Kier alpha value is -3.07. The number of benzene rings is 1. The van der Waals surface area contributed by atoms with Gasteiger partial charge in [0, 0.05) is 18.3 Å². The van der Waals surface area contributed by atoms with Gasteiger partial charge in [0.2, 0.25) is 0 Å². The molecule has 0 unspecified atom stereocenters. The maximum atomic E-state index is 8.79. The first-order valence-corrected chi connectivity index (χ1v) is 6.23. The largest absolute Gasteiger partial charge is 0.493 e. The van der Waals surface area contributed by atoms with E-state index in [-0.39, 0.29) is 0 Å². The summed E-state index contributed by atoms with van der Waals surface area (Å²) in [6, 6.07) is 9.13. The van der Waals surface area contributed by atoms with Crippen LogP contribution in [0.15, 0.2) is 30.5 Å². The molecule has 0 aliphatic carbocycles. The van der Waals surface area contributed by atoms with Crippen molar-refractivity contribution < 1.29 is 9.47 Å². The molecule has 0 saturated heterocycles. The van der Waals surface area contributed by atoms with E-state index >= 15 is 0 Å². The molecule has 3 aromatic rings. The average Bonchev–Trinajstić information content (AvgIpc) is 2.96. The highest BCUT2D eigenvalue weighted by molar-refractivity contribution is 5.82.